The quantitative estimate of drug-likeness (QED) is 0.152. The molecule has 1 fully saturated rings. The number of unbranched alkanes of at least 4 members (excludes halogenated alkanes) is 5. The number of nitrogens with zero attached hydrogens (tertiary/aromatic N) is 1. The van der Waals surface area contributed by atoms with Gasteiger partial charge in [0.15, 0.2) is 5.83 Å². The first-order chi connectivity index (χ1) is 15.7. The van der Waals surface area contributed by atoms with Gasteiger partial charge < -0.3 is 0 Å². The number of rotatable bonds is 15. The number of halogens is 1. The molecule has 0 heterocycles. The molecule has 2 heteroatoms. The van der Waals surface area contributed by atoms with Crippen molar-refractivity contribution in [2.75, 3.05) is 0 Å². The Morgan fingerprint density at radius 1 is 0.875 bits per heavy atom. The number of hydrogen-bond acceptors (Lipinski definition) is 1. The van der Waals surface area contributed by atoms with Crippen molar-refractivity contribution in [1.82, 2.24) is 0 Å². The molecule has 176 valence electrons. The Labute approximate surface area is 196 Å². The highest BCUT2D eigenvalue weighted by Crippen LogP contribution is 2.34. The van der Waals surface area contributed by atoms with Crippen LogP contribution in [0.5, 0.6) is 0 Å². The first-order valence-electron chi connectivity index (χ1n) is 13.2. The third kappa shape index (κ3) is 11.7. The second-order valence-electron chi connectivity index (χ2n) is 9.75. The number of aryl methyl sites for hydroxylation is 2. The van der Waals surface area contributed by atoms with Crippen molar-refractivity contribution in [2.45, 2.75) is 110 Å². The van der Waals surface area contributed by atoms with E-state index in [4.69, 9.17) is 5.26 Å². The van der Waals surface area contributed by atoms with Gasteiger partial charge in [-0.05, 0) is 67.6 Å². The Balaban J connectivity index is 1.51. The van der Waals surface area contributed by atoms with E-state index in [0.29, 0.717) is 0 Å². The molecule has 0 aliphatic heterocycles. The molecule has 0 saturated heterocycles. The number of nitriles is 1. The molecular weight excluding hydrogens is 393 g/mol. The molecule has 0 N–H and O–H groups in total. The second-order valence-corrected chi connectivity index (χ2v) is 9.75. The van der Waals surface area contributed by atoms with E-state index in [9.17, 15) is 4.39 Å². The molecule has 0 amide bonds. The van der Waals surface area contributed by atoms with Crippen LogP contribution in [0.4, 0.5) is 4.39 Å². The molecule has 0 radical (unpaired) electrons. The zero-order valence-electron chi connectivity index (χ0n) is 20.3. The molecule has 1 aliphatic carbocycles. The highest BCUT2D eigenvalue weighted by atomic mass is 19.1. The largest absolute Gasteiger partial charge is 0.199 e. The summed E-state index contributed by atoms with van der Waals surface area (Å²) in [5.41, 5.74) is 3.00. The lowest BCUT2D eigenvalue weighted by molar-refractivity contribution is 0.250. The smallest absolute Gasteiger partial charge is 0.195 e. The van der Waals surface area contributed by atoms with Crippen molar-refractivity contribution >= 4 is 0 Å². The minimum absolute atomic E-state index is 0.716. The van der Waals surface area contributed by atoms with E-state index in [1.54, 1.807) is 6.08 Å². The van der Waals surface area contributed by atoms with Gasteiger partial charge in [0.2, 0.25) is 0 Å². The summed E-state index contributed by atoms with van der Waals surface area (Å²) in [6.07, 6.45) is 25.9. The van der Waals surface area contributed by atoms with E-state index in [2.05, 4.69) is 31.2 Å². The highest BCUT2D eigenvalue weighted by Gasteiger charge is 2.20. The summed E-state index contributed by atoms with van der Waals surface area (Å²) in [5.74, 6) is 1.03. The average Bonchev–Trinajstić information content (AvgIpc) is 2.83. The molecule has 0 unspecified atom stereocenters. The van der Waals surface area contributed by atoms with Gasteiger partial charge in [-0.3, -0.25) is 0 Å². The van der Waals surface area contributed by atoms with Gasteiger partial charge in [0, 0.05) is 0 Å². The van der Waals surface area contributed by atoms with Gasteiger partial charge in [-0.1, -0.05) is 108 Å². The number of benzene rings is 1. The zero-order valence-corrected chi connectivity index (χ0v) is 20.3. The summed E-state index contributed by atoms with van der Waals surface area (Å²) < 4.78 is 12.7. The molecule has 2 rings (SSSR count). The van der Waals surface area contributed by atoms with Crippen LogP contribution >= 0.6 is 0 Å². The van der Waals surface area contributed by atoms with Gasteiger partial charge in [-0.15, -0.1) is 0 Å². The van der Waals surface area contributed by atoms with E-state index in [1.807, 2.05) is 6.08 Å². The van der Waals surface area contributed by atoms with Gasteiger partial charge >= 0.3 is 0 Å². The van der Waals surface area contributed by atoms with E-state index < -0.39 is 5.83 Å². The molecule has 1 aliphatic rings. The molecule has 1 saturated carbocycles. The molecule has 1 aromatic rings. The van der Waals surface area contributed by atoms with Crippen molar-refractivity contribution in [3.8, 4) is 6.07 Å². The summed E-state index contributed by atoms with van der Waals surface area (Å²) in [7, 11) is 0. The molecule has 0 bridgehead atoms. The maximum absolute atomic E-state index is 12.7. The van der Waals surface area contributed by atoms with Crippen molar-refractivity contribution in [1.29, 1.82) is 5.26 Å². The lowest BCUT2D eigenvalue weighted by atomic mass is 9.78. The van der Waals surface area contributed by atoms with Gasteiger partial charge in [-0.25, -0.2) is 0 Å². The first-order valence-corrected chi connectivity index (χ1v) is 13.2. The third-order valence-electron chi connectivity index (χ3n) is 7.11. The van der Waals surface area contributed by atoms with Crippen LogP contribution in [0.15, 0.2) is 48.3 Å². The lowest BCUT2D eigenvalue weighted by Gasteiger charge is -2.28. The van der Waals surface area contributed by atoms with Gasteiger partial charge in [0.25, 0.3) is 0 Å². The van der Waals surface area contributed by atoms with Crippen LogP contribution in [0, 0.1) is 23.2 Å². The fourth-order valence-corrected chi connectivity index (χ4v) is 4.99. The minimum atomic E-state index is -0.716. The Morgan fingerprint density at radius 2 is 1.44 bits per heavy atom. The Hall–Kier alpha value is -1.88. The maximum Gasteiger partial charge on any atom is 0.199 e. The summed E-state index contributed by atoms with van der Waals surface area (Å²) in [4.78, 5) is 0. The molecular formula is C30H44FN. The monoisotopic (exact) mass is 437 g/mol. The van der Waals surface area contributed by atoms with Crippen molar-refractivity contribution < 1.29 is 4.39 Å². The van der Waals surface area contributed by atoms with Crippen LogP contribution in [0.2, 0.25) is 0 Å². The first kappa shape index (κ1) is 26.4. The summed E-state index contributed by atoms with van der Waals surface area (Å²) in [6, 6.07) is 10.9. The van der Waals surface area contributed by atoms with Crippen LogP contribution < -0.4 is 0 Å². The van der Waals surface area contributed by atoms with Crippen molar-refractivity contribution in [3.63, 3.8) is 0 Å². The zero-order chi connectivity index (χ0) is 22.9. The minimum Gasteiger partial charge on any atom is -0.195 e. The summed E-state index contributed by atoms with van der Waals surface area (Å²) >= 11 is 0. The van der Waals surface area contributed by atoms with Crippen LogP contribution in [0.1, 0.15) is 108 Å². The summed E-state index contributed by atoms with van der Waals surface area (Å²) in [6.45, 7) is 2.27. The predicted octanol–water partition coefficient (Wildman–Crippen LogP) is 9.43. The average molecular weight is 438 g/mol. The number of allylic oxidation sites excluding steroid dienone is 4. The van der Waals surface area contributed by atoms with E-state index in [0.717, 1.165) is 18.3 Å². The van der Waals surface area contributed by atoms with Crippen molar-refractivity contribution in [2.24, 2.45) is 11.8 Å². The maximum atomic E-state index is 12.7. The molecule has 32 heavy (non-hydrogen) atoms. The standard InChI is InChI=1S/C30H44FN/c1-2-3-4-5-7-12-26-17-21-28(22-18-26)14-10-11-15-29-23-19-27(20-24-29)13-8-6-9-16-30(31)25-32/h6,9,16-18,21-22,27,29H,2-5,7-8,10-15,19-20,23-24H2,1H3. The third-order valence-corrected chi connectivity index (χ3v) is 7.11. The van der Waals surface area contributed by atoms with Gasteiger partial charge in [0.05, 0.1) is 0 Å². The van der Waals surface area contributed by atoms with Gasteiger partial charge in [0.1, 0.15) is 6.07 Å². The van der Waals surface area contributed by atoms with Crippen LogP contribution in [0.3, 0.4) is 0 Å². The molecule has 0 aromatic heterocycles. The van der Waals surface area contributed by atoms with Crippen LogP contribution in [-0.4, -0.2) is 0 Å². The number of hydrogen-bond donors (Lipinski definition) is 0. The summed E-state index contributed by atoms with van der Waals surface area (Å²) in [5, 5.41) is 8.38. The fourth-order valence-electron chi connectivity index (χ4n) is 4.99. The molecule has 1 nitrogen and oxygen atoms in total. The molecule has 1 aromatic carbocycles. The van der Waals surface area contributed by atoms with E-state index >= 15 is 0 Å². The SMILES string of the molecule is CCCCCCCc1ccc(CCCCC2CCC(CCC=CC=C(F)C#N)CC2)cc1. The second kappa shape index (κ2) is 16.7. The van der Waals surface area contributed by atoms with Crippen LogP contribution in [0.25, 0.3) is 0 Å². The van der Waals surface area contributed by atoms with E-state index in [-0.39, 0.29) is 0 Å². The highest BCUT2D eigenvalue weighted by molar-refractivity contribution is 5.22. The Morgan fingerprint density at radius 3 is 2.03 bits per heavy atom. The van der Waals surface area contributed by atoms with E-state index in [1.165, 1.54) is 120 Å². The predicted molar refractivity (Wildman–Crippen MR) is 135 cm³/mol. The fraction of sp³-hybridized carbons (Fsp3) is 0.633. The normalized spacial score (nSPS) is 19.3. The van der Waals surface area contributed by atoms with Crippen molar-refractivity contribution in [3.05, 3.63) is 59.4 Å². The topological polar surface area (TPSA) is 23.8 Å². The van der Waals surface area contributed by atoms with Gasteiger partial charge in [-0.2, -0.15) is 9.65 Å². The Kier molecular flexibility index (Phi) is 13.8. The molecule has 0 spiro atoms. The molecule has 0 atom stereocenters. The Bertz CT molecular complexity index is 701. The lowest BCUT2D eigenvalue weighted by Crippen LogP contribution is -2.14. The van der Waals surface area contributed by atoms with Crippen LogP contribution in [-0.2, 0) is 12.8 Å².